The fourth-order valence-electron chi connectivity index (χ4n) is 1.53. The Morgan fingerprint density at radius 1 is 1.42 bits per heavy atom. The van der Waals surface area contributed by atoms with Crippen LogP contribution in [0.1, 0.15) is 45.3 Å². The van der Waals surface area contributed by atoms with Crippen LogP contribution in [0, 0.1) is 0 Å². The number of carbonyl (C=O) groups is 1. The molecule has 0 saturated heterocycles. The van der Waals surface area contributed by atoms with Crippen LogP contribution >= 0.6 is 0 Å². The Kier molecular flexibility index (Phi) is 5.47. The van der Waals surface area contributed by atoms with Gasteiger partial charge in [-0.15, -0.1) is 0 Å². The summed E-state index contributed by atoms with van der Waals surface area (Å²) in [7, 11) is 3.36. The maximum Gasteiger partial charge on any atom is 0.305 e. The number of aromatic nitrogens is 2. The molecule has 0 aromatic carbocycles. The van der Waals surface area contributed by atoms with Gasteiger partial charge < -0.3 is 9.26 Å². The van der Waals surface area contributed by atoms with Crippen LogP contribution in [-0.2, 0) is 21.5 Å². The minimum Gasteiger partial charge on any atom is -0.469 e. The lowest BCUT2D eigenvalue weighted by atomic mass is 9.96. The SMILES string of the molecule is COC(=O)CCCN(C)Cc1nc(C(C)(C)C)no1. The molecule has 0 aliphatic heterocycles. The van der Waals surface area contributed by atoms with Gasteiger partial charge in [0.2, 0.25) is 5.89 Å². The van der Waals surface area contributed by atoms with Crippen molar-refractivity contribution in [2.45, 2.75) is 45.6 Å². The summed E-state index contributed by atoms with van der Waals surface area (Å²) < 4.78 is 9.81. The van der Waals surface area contributed by atoms with Gasteiger partial charge in [-0.3, -0.25) is 9.69 Å². The van der Waals surface area contributed by atoms with Crippen LogP contribution in [0.15, 0.2) is 4.52 Å². The Morgan fingerprint density at radius 2 is 2.11 bits per heavy atom. The van der Waals surface area contributed by atoms with E-state index in [1.54, 1.807) is 0 Å². The number of nitrogens with zero attached hydrogens (tertiary/aromatic N) is 3. The van der Waals surface area contributed by atoms with Crippen LogP contribution in [0.5, 0.6) is 0 Å². The number of hydrogen-bond acceptors (Lipinski definition) is 6. The van der Waals surface area contributed by atoms with Gasteiger partial charge >= 0.3 is 5.97 Å². The first-order valence-corrected chi connectivity index (χ1v) is 6.41. The predicted octanol–water partition coefficient (Wildman–Crippen LogP) is 1.75. The van der Waals surface area contributed by atoms with E-state index in [1.807, 2.05) is 32.7 Å². The molecule has 0 saturated carbocycles. The topological polar surface area (TPSA) is 68.5 Å². The van der Waals surface area contributed by atoms with E-state index in [2.05, 4.69) is 14.9 Å². The molecule has 1 aromatic rings. The van der Waals surface area contributed by atoms with Crippen LogP contribution in [-0.4, -0.2) is 41.7 Å². The van der Waals surface area contributed by atoms with Crippen LogP contribution in [0.2, 0.25) is 0 Å². The molecule has 1 aromatic heterocycles. The minimum absolute atomic E-state index is 0.106. The molecule has 0 radical (unpaired) electrons. The van der Waals surface area contributed by atoms with Crippen LogP contribution < -0.4 is 0 Å². The van der Waals surface area contributed by atoms with E-state index in [-0.39, 0.29) is 11.4 Å². The highest BCUT2D eigenvalue weighted by molar-refractivity contribution is 5.69. The summed E-state index contributed by atoms with van der Waals surface area (Å²) in [6.45, 7) is 7.50. The normalized spacial score (nSPS) is 11.9. The molecule has 0 atom stereocenters. The lowest BCUT2D eigenvalue weighted by Crippen LogP contribution is -2.20. The summed E-state index contributed by atoms with van der Waals surface area (Å²) in [5, 5.41) is 3.98. The number of hydrogen-bond donors (Lipinski definition) is 0. The van der Waals surface area contributed by atoms with Crippen molar-refractivity contribution in [3.8, 4) is 0 Å². The highest BCUT2D eigenvalue weighted by Gasteiger charge is 2.21. The molecule has 6 nitrogen and oxygen atoms in total. The third-order valence-corrected chi connectivity index (χ3v) is 2.69. The number of ether oxygens (including phenoxy) is 1. The predicted molar refractivity (Wildman–Crippen MR) is 70.6 cm³/mol. The van der Waals surface area contributed by atoms with Crippen molar-refractivity contribution >= 4 is 5.97 Å². The molecule has 0 bridgehead atoms. The largest absolute Gasteiger partial charge is 0.469 e. The number of esters is 1. The Hall–Kier alpha value is -1.43. The summed E-state index contributed by atoms with van der Waals surface area (Å²) in [5.74, 6) is 1.14. The fourth-order valence-corrected chi connectivity index (χ4v) is 1.53. The lowest BCUT2D eigenvalue weighted by Gasteiger charge is -2.13. The minimum atomic E-state index is -0.179. The molecule has 1 heterocycles. The van der Waals surface area contributed by atoms with Crippen LogP contribution in [0.4, 0.5) is 0 Å². The molecule has 6 heteroatoms. The highest BCUT2D eigenvalue weighted by atomic mass is 16.5. The lowest BCUT2D eigenvalue weighted by molar-refractivity contribution is -0.140. The molecule has 19 heavy (non-hydrogen) atoms. The van der Waals surface area contributed by atoms with Crippen molar-refractivity contribution in [1.82, 2.24) is 15.0 Å². The Bertz CT molecular complexity index is 410. The quantitative estimate of drug-likeness (QED) is 0.733. The molecule has 0 N–H and O–H groups in total. The third-order valence-electron chi connectivity index (χ3n) is 2.69. The number of methoxy groups -OCH3 is 1. The second-order valence-corrected chi connectivity index (χ2v) is 5.68. The van der Waals surface area contributed by atoms with Crippen molar-refractivity contribution in [2.24, 2.45) is 0 Å². The maximum atomic E-state index is 11.0. The van der Waals surface area contributed by atoms with E-state index in [4.69, 9.17) is 4.52 Å². The van der Waals surface area contributed by atoms with Gasteiger partial charge in [-0.25, -0.2) is 0 Å². The molecule has 0 spiro atoms. The van der Waals surface area contributed by atoms with Crippen LogP contribution in [0.25, 0.3) is 0 Å². The average Bonchev–Trinajstić information content (AvgIpc) is 2.77. The Labute approximate surface area is 114 Å². The standard InChI is InChI=1S/C13H23N3O3/c1-13(2,3)12-14-10(19-15-12)9-16(4)8-6-7-11(17)18-5/h6-9H2,1-5H3. The summed E-state index contributed by atoms with van der Waals surface area (Å²) in [6, 6.07) is 0. The van der Waals surface area contributed by atoms with E-state index in [9.17, 15) is 4.79 Å². The molecule has 0 amide bonds. The van der Waals surface area contributed by atoms with Crippen molar-refractivity contribution < 1.29 is 14.1 Å². The van der Waals surface area contributed by atoms with E-state index in [0.717, 1.165) is 13.0 Å². The monoisotopic (exact) mass is 269 g/mol. The number of carbonyl (C=O) groups excluding carboxylic acids is 1. The van der Waals surface area contributed by atoms with E-state index in [0.29, 0.717) is 24.7 Å². The molecule has 1 rings (SSSR count). The summed E-state index contributed by atoms with van der Waals surface area (Å²) in [4.78, 5) is 17.4. The van der Waals surface area contributed by atoms with Crippen molar-refractivity contribution in [3.05, 3.63) is 11.7 Å². The summed E-state index contributed by atoms with van der Waals surface area (Å²) >= 11 is 0. The van der Waals surface area contributed by atoms with Gasteiger partial charge in [0.05, 0.1) is 13.7 Å². The van der Waals surface area contributed by atoms with Crippen molar-refractivity contribution in [2.75, 3.05) is 20.7 Å². The molecular weight excluding hydrogens is 246 g/mol. The van der Waals surface area contributed by atoms with Gasteiger partial charge in [-0.1, -0.05) is 25.9 Å². The van der Waals surface area contributed by atoms with Gasteiger partial charge in [-0.2, -0.15) is 4.98 Å². The number of rotatable bonds is 6. The van der Waals surface area contributed by atoms with E-state index < -0.39 is 0 Å². The summed E-state index contributed by atoms with van der Waals surface area (Å²) in [6.07, 6.45) is 1.18. The van der Waals surface area contributed by atoms with E-state index >= 15 is 0 Å². The molecule has 108 valence electrons. The second-order valence-electron chi connectivity index (χ2n) is 5.68. The molecule has 0 aliphatic rings. The van der Waals surface area contributed by atoms with Gasteiger partial charge in [0.15, 0.2) is 5.82 Å². The second kappa shape index (κ2) is 6.65. The van der Waals surface area contributed by atoms with E-state index in [1.165, 1.54) is 7.11 Å². The smallest absolute Gasteiger partial charge is 0.305 e. The van der Waals surface area contributed by atoms with Gasteiger partial charge in [0, 0.05) is 11.8 Å². The first kappa shape index (κ1) is 15.6. The van der Waals surface area contributed by atoms with Crippen molar-refractivity contribution in [3.63, 3.8) is 0 Å². The average molecular weight is 269 g/mol. The third kappa shape index (κ3) is 5.38. The molecular formula is C13H23N3O3. The zero-order valence-electron chi connectivity index (χ0n) is 12.4. The zero-order valence-corrected chi connectivity index (χ0v) is 12.4. The maximum absolute atomic E-state index is 11.0. The van der Waals surface area contributed by atoms with Gasteiger partial charge in [0.25, 0.3) is 0 Å². The first-order valence-electron chi connectivity index (χ1n) is 6.41. The zero-order chi connectivity index (χ0) is 14.5. The molecule has 0 aliphatic carbocycles. The van der Waals surface area contributed by atoms with Gasteiger partial charge in [-0.05, 0) is 20.0 Å². The Morgan fingerprint density at radius 3 is 2.63 bits per heavy atom. The Balaban J connectivity index is 2.38. The first-order chi connectivity index (χ1) is 8.82. The van der Waals surface area contributed by atoms with Gasteiger partial charge in [0.1, 0.15) is 0 Å². The molecule has 0 unspecified atom stereocenters. The fraction of sp³-hybridized carbons (Fsp3) is 0.769. The van der Waals surface area contributed by atoms with Crippen molar-refractivity contribution in [1.29, 1.82) is 0 Å². The highest BCUT2D eigenvalue weighted by Crippen LogP contribution is 2.18. The van der Waals surface area contributed by atoms with Crippen LogP contribution in [0.3, 0.4) is 0 Å². The summed E-state index contributed by atoms with van der Waals surface area (Å²) in [5.41, 5.74) is -0.106. The molecule has 0 fully saturated rings.